The lowest BCUT2D eigenvalue weighted by atomic mass is 10.3. The van der Waals surface area contributed by atoms with Gasteiger partial charge in [0.2, 0.25) is 10.0 Å². The van der Waals surface area contributed by atoms with Crippen molar-refractivity contribution < 1.29 is 8.42 Å². The molecule has 0 saturated carbocycles. The van der Waals surface area contributed by atoms with Crippen LogP contribution in [-0.2, 0) is 10.0 Å². The van der Waals surface area contributed by atoms with Gasteiger partial charge in [0.15, 0.2) is 0 Å². The molecule has 2 N–H and O–H groups in total. The Morgan fingerprint density at radius 3 is 2.67 bits per heavy atom. The largest absolute Gasteiger partial charge is 0.315 e. The number of halogens is 1. The highest BCUT2D eigenvalue weighted by atomic mass is 35.5. The van der Waals surface area contributed by atoms with Crippen molar-refractivity contribution in [1.29, 1.82) is 0 Å². The maximum atomic E-state index is 11.0. The maximum Gasteiger partial charge on any atom is 0.211 e. The summed E-state index contributed by atoms with van der Waals surface area (Å²) in [7, 11) is -2.99. The Morgan fingerprint density at radius 2 is 2.25 bits per heavy atom. The molecule has 1 aliphatic heterocycles. The van der Waals surface area contributed by atoms with Crippen molar-refractivity contribution in [3.05, 3.63) is 0 Å². The molecule has 6 heteroatoms. The van der Waals surface area contributed by atoms with Crippen LogP contribution in [-0.4, -0.2) is 33.3 Å². The zero-order valence-corrected chi connectivity index (χ0v) is 8.67. The molecule has 1 heterocycles. The van der Waals surface area contributed by atoms with Gasteiger partial charge in [0.25, 0.3) is 0 Å². The summed E-state index contributed by atoms with van der Waals surface area (Å²) in [6.07, 6.45) is 0.902. The van der Waals surface area contributed by atoms with Crippen molar-refractivity contribution in [2.75, 3.05) is 18.8 Å². The molecule has 0 radical (unpaired) electrons. The molecular formula is C6H15ClN2O2S. The van der Waals surface area contributed by atoms with Crippen molar-refractivity contribution in [3.8, 4) is 0 Å². The lowest BCUT2D eigenvalue weighted by Crippen LogP contribution is -2.37. The van der Waals surface area contributed by atoms with E-state index >= 15 is 0 Å². The van der Waals surface area contributed by atoms with Gasteiger partial charge in [0.05, 0.1) is 5.75 Å². The van der Waals surface area contributed by atoms with E-state index in [4.69, 9.17) is 0 Å². The van der Waals surface area contributed by atoms with Crippen LogP contribution in [0.2, 0.25) is 0 Å². The van der Waals surface area contributed by atoms with Crippen LogP contribution in [0.4, 0.5) is 0 Å². The molecule has 1 fully saturated rings. The molecule has 4 nitrogen and oxygen atoms in total. The molecule has 12 heavy (non-hydrogen) atoms. The summed E-state index contributed by atoms with van der Waals surface area (Å²) in [5.74, 6) is 0.170. The molecule has 0 aliphatic carbocycles. The average Bonchev–Trinajstić information content (AvgIpc) is 2.39. The van der Waals surface area contributed by atoms with Crippen molar-refractivity contribution >= 4 is 22.4 Å². The summed E-state index contributed by atoms with van der Waals surface area (Å²) < 4.78 is 24.6. The van der Waals surface area contributed by atoms with E-state index in [-0.39, 0.29) is 24.2 Å². The quantitative estimate of drug-likeness (QED) is 0.679. The second-order valence-electron chi connectivity index (χ2n) is 2.71. The Morgan fingerprint density at radius 1 is 1.58 bits per heavy atom. The highest BCUT2D eigenvalue weighted by Crippen LogP contribution is 1.99. The molecule has 1 atom stereocenters. The predicted molar refractivity (Wildman–Crippen MR) is 51.1 cm³/mol. The van der Waals surface area contributed by atoms with Gasteiger partial charge in [-0.2, -0.15) is 0 Å². The van der Waals surface area contributed by atoms with Gasteiger partial charge in [-0.25, -0.2) is 13.1 Å². The minimum Gasteiger partial charge on any atom is -0.315 e. The van der Waals surface area contributed by atoms with Crippen LogP contribution in [0.1, 0.15) is 13.3 Å². The first kappa shape index (κ1) is 12.2. The van der Waals surface area contributed by atoms with E-state index in [1.807, 2.05) is 0 Å². The van der Waals surface area contributed by atoms with Gasteiger partial charge in [-0.15, -0.1) is 12.4 Å². The van der Waals surface area contributed by atoms with Crippen molar-refractivity contribution in [2.24, 2.45) is 0 Å². The molecule has 1 aliphatic rings. The highest BCUT2D eigenvalue weighted by Gasteiger charge is 2.18. The number of hydrogen-bond acceptors (Lipinski definition) is 3. The van der Waals surface area contributed by atoms with Gasteiger partial charge in [0.1, 0.15) is 0 Å². The van der Waals surface area contributed by atoms with E-state index in [0.717, 1.165) is 19.5 Å². The van der Waals surface area contributed by atoms with Gasteiger partial charge in [-0.05, 0) is 19.9 Å². The predicted octanol–water partition coefficient (Wildman–Crippen LogP) is -0.291. The molecule has 0 spiro atoms. The third-order valence-corrected chi connectivity index (χ3v) is 3.24. The molecule has 1 rings (SSSR count). The van der Waals surface area contributed by atoms with Crippen LogP contribution in [0.25, 0.3) is 0 Å². The Bertz CT molecular complexity index is 212. The summed E-state index contributed by atoms with van der Waals surface area (Å²) in [6.45, 7) is 3.32. The summed E-state index contributed by atoms with van der Waals surface area (Å²) in [5, 5.41) is 3.09. The van der Waals surface area contributed by atoms with Crippen LogP contribution in [0.15, 0.2) is 0 Å². The Hall–Kier alpha value is 0.160. The number of hydrogen-bond donors (Lipinski definition) is 2. The SMILES string of the molecule is CCS(=O)(=O)N[C@H]1CCNC1.Cl. The van der Waals surface area contributed by atoms with Gasteiger partial charge in [-0.3, -0.25) is 0 Å². The highest BCUT2D eigenvalue weighted by molar-refractivity contribution is 7.89. The van der Waals surface area contributed by atoms with Gasteiger partial charge < -0.3 is 5.32 Å². The van der Waals surface area contributed by atoms with E-state index in [1.165, 1.54) is 0 Å². The Labute approximate surface area is 79.6 Å². The molecule has 1 saturated heterocycles. The second kappa shape index (κ2) is 5.01. The van der Waals surface area contributed by atoms with Gasteiger partial charge >= 0.3 is 0 Å². The molecule has 74 valence electrons. The smallest absolute Gasteiger partial charge is 0.211 e. The molecule has 0 aromatic carbocycles. The zero-order valence-electron chi connectivity index (χ0n) is 7.04. The summed E-state index contributed by atoms with van der Waals surface area (Å²) >= 11 is 0. The average molecular weight is 215 g/mol. The molecule has 0 aromatic heterocycles. The van der Waals surface area contributed by atoms with E-state index in [9.17, 15) is 8.42 Å². The normalized spacial score (nSPS) is 23.6. The molecular weight excluding hydrogens is 200 g/mol. The lowest BCUT2D eigenvalue weighted by molar-refractivity contribution is 0.561. The monoisotopic (exact) mass is 214 g/mol. The summed E-state index contributed by atoms with van der Waals surface area (Å²) in [5.41, 5.74) is 0. The zero-order chi connectivity index (χ0) is 8.32. The van der Waals surface area contributed by atoms with Gasteiger partial charge in [-0.1, -0.05) is 0 Å². The van der Waals surface area contributed by atoms with Crippen LogP contribution in [0.3, 0.4) is 0 Å². The minimum atomic E-state index is -2.99. The van der Waals surface area contributed by atoms with Crippen molar-refractivity contribution in [3.63, 3.8) is 0 Å². The maximum absolute atomic E-state index is 11.0. The molecule has 0 bridgehead atoms. The standard InChI is InChI=1S/C6H14N2O2S.ClH/c1-2-11(9,10)8-6-3-4-7-5-6;/h6-8H,2-5H2,1H3;1H/t6-;/m0./s1. The first-order chi connectivity index (χ1) is 5.14. The van der Waals surface area contributed by atoms with Crippen LogP contribution in [0, 0.1) is 0 Å². The van der Waals surface area contributed by atoms with E-state index < -0.39 is 10.0 Å². The van der Waals surface area contributed by atoms with Crippen molar-refractivity contribution in [1.82, 2.24) is 10.0 Å². The fourth-order valence-corrected chi connectivity index (χ4v) is 1.97. The van der Waals surface area contributed by atoms with Crippen LogP contribution < -0.4 is 10.0 Å². The number of sulfonamides is 1. The van der Waals surface area contributed by atoms with Crippen molar-refractivity contribution in [2.45, 2.75) is 19.4 Å². The molecule has 0 amide bonds. The van der Waals surface area contributed by atoms with E-state index in [0.29, 0.717) is 0 Å². The molecule has 0 unspecified atom stereocenters. The topological polar surface area (TPSA) is 58.2 Å². The van der Waals surface area contributed by atoms with Crippen LogP contribution in [0.5, 0.6) is 0 Å². The minimum absolute atomic E-state index is 0. The number of rotatable bonds is 3. The second-order valence-corrected chi connectivity index (χ2v) is 4.75. The van der Waals surface area contributed by atoms with E-state index in [1.54, 1.807) is 6.92 Å². The first-order valence-corrected chi connectivity index (χ1v) is 5.50. The van der Waals surface area contributed by atoms with E-state index in [2.05, 4.69) is 10.0 Å². The fourth-order valence-electron chi connectivity index (χ4n) is 1.09. The molecule has 0 aromatic rings. The lowest BCUT2D eigenvalue weighted by Gasteiger charge is -2.09. The number of nitrogens with one attached hydrogen (secondary N) is 2. The first-order valence-electron chi connectivity index (χ1n) is 3.85. The third-order valence-electron chi connectivity index (χ3n) is 1.79. The van der Waals surface area contributed by atoms with Crippen LogP contribution >= 0.6 is 12.4 Å². The summed E-state index contributed by atoms with van der Waals surface area (Å²) in [4.78, 5) is 0. The summed E-state index contributed by atoms with van der Waals surface area (Å²) in [6, 6.07) is 0.111. The Balaban J connectivity index is 0.00000121. The fraction of sp³-hybridized carbons (Fsp3) is 1.00. The van der Waals surface area contributed by atoms with Gasteiger partial charge in [0, 0.05) is 12.6 Å². The Kier molecular flexibility index (Phi) is 5.08. The third kappa shape index (κ3) is 3.71.